The van der Waals surface area contributed by atoms with Gasteiger partial charge in [0.15, 0.2) is 0 Å². The molecular formula is C28H47NO5. The zero-order chi connectivity index (χ0) is 24.8. The van der Waals surface area contributed by atoms with Crippen molar-refractivity contribution in [1.82, 2.24) is 5.32 Å². The second-order valence-corrected chi connectivity index (χ2v) is 13.0. The number of carboxylic acids is 1. The number of rotatable bonds is 6. The van der Waals surface area contributed by atoms with Crippen molar-refractivity contribution in [3.8, 4) is 0 Å². The highest BCUT2D eigenvalue weighted by atomic mass is 16.6. The second-order valence-electron chi connectivity index (χ2n) is 13.0. The van der Waals surface area contributed by atoms with E-state index in [2.05, 4.69) is 26.1 Å². The summed E-state index contributed by atoms with van der Waals surface area (Å²) in [6, 6.07) is 0.0669. The quantitative estimate of drug-likeness (QED) is 0.461. The van der Waals surface area contributed by atoms with E-state index in [9.17, 15) is 19.8 Å². The minimum atomic E-state index is -0.696. The van der Waals surface area contributed by atoms with Gasteiger partial charge in [-0.25, -0.2) is 4.79 Å². The lowest BCUT2D eigenvalue weighted by Gasteiger charge is -2.62. The minimum absolute atomic E-state index is 0.0552. The van der Waals surface area contributed by atoms with Crippen LogP contribution in [0.2, 0.25) is 0 Å². The van der Waals surface area contributed by atoms with E-state index < -0.39 is 5.97 Å². The van der Waals surface area contributed by atoms with Crippen LogP contribution in [0.25, 0.3) is 0 Å². The molecule has 0 unspecified atom stereocenters. The molecule has 0 spiro atoms. The molecule has 4 fully saturated rings. The van der Waals surface area contributed by atoms with Crippen molar-refractivity contribution in [1.29, 1.82) is 0 Å². The van der Waals surface area contributed by atoms with E-state index >= 15 is 0 Å². The Morgan fingerprint density at radius 2 is 1.68 bits per heavy atom. The summed E-state index contributed by atoms with van der Waals surface area (Å²) >= 11 is 0. The normalized spacial score (nSPS) is 44.5. The van der Waals surface area contributed by atoms with Crippen LogP contribution >= 0.6 is 0 Å². The molecule has 4 rings (SSSR count). The molecule has 4 saturated carbocycles. The third kappa shape index (κ3) is 4.60. The highest BCUT2D eigenvalue weighted by Gasteiger charge is 2.63. The minimum Gasteiger partial charge on any atom is -0.481 e. The number of hydrogen-bond donors (Lipinski definition) is 3. The maximum atomic E-state index is 12.2. The van der Waals surface area contributed by atoms with Gasteiger partial charge in [0.25, 0.3) is 0 Å². The Balaban J connectivity index is 1.46. The number of fused-ring (bicyclic) bond motifs is 5. The summed E-state index contributed by atoms with van der Waals surface area (Å²) < 4.78 is 5.76. The molecule has 10 atom stereocenters. The summed E-state index contributed by atoms with van der Waals surface area (Å²) in [6.45, 7) is 11.0. The Kier molecular flexibility index (Phi) is 7.30. The maximum Gasteiger partial charge on any atom is 0.407 e. The molecule has 0 heterocycles. The van der Waals surface area contributed by atoms with Gasteiger partial charge in [0.1, 0.15) is 6.10 Å². The number of alkyl carbamates (subject to hydrolysis) is 1. The van der Waals surface area contributed by atoms with Gasteiger partial charge in [-0.1, -0.05) is 20.8 Å². The van der Waals surface area contributed by atoms with Crippen molar-refractivity contribution in [3.05, 3.63) is 0 Å². The topological polar surface area (TPSA) is 95.9 Å². The van der Waals surface area contributed by atoms with Gasteiger partial charge in [-0.05, 0) is 118 Å². The first-order valence-corrected chi connectivity index (χ1v) is 13.8. The van der Waals surface area contributed by atoms with Crippen LogP contribution in [0.4, 0.5) is 4.79 Å². The van der Waals surface area contributed by atoms with E-state index in [1.54, 1.807) is 0 Å². The van der Waals surface area contributed by atoms with Gasteiger partial charge in [-0.15, -0.1) is 0 Å². The first-order valence-electron chi connectivity index (χ1n) is 13.8. The third-order valence-corrected chi connectivity index (χ3v) is 10.9. The van der Waals surface area contributed by atoms with E-state index in [4.69, 9.17) is 4.74 Å². The number of nitrogens with one attached hydrogen (secondary N) is 1. The number of amides is 1. The smallest absolute Gasteiger partial charge is 0.407 e. The largest absolute Gasteiger partial charge is 0.481 e. The number of carbonyl (C=O) groups excluding carboxylic acids is 1. The van der Waals surface area contributed by atoms with Crippen molar-refractivity contribution < 1.29 is 24.5 Å². The first-order chi connectivity index (χ1) is 16.0. The van der Waals surface area contributed by atoms with Gasteiger partial charge < -0.3 is 20.3 Å². The standard InChI is InChI=1S/C28H47NO5/c1-16(2)29-26(33)34-19-10-12-27(4)18(14-19)15-23(30)25-21-8-7-20(17(3)6-9-24(31)32)28(21,5)13-11-22(25)27/h16-23,25,30H,6-15H2,1-5H3,(H,29,33)(H,31,32)/t17-,18+,19-,20-,21+,22+,23+,25+,27+,28-/m1/s1. The predicted octanol–water partition coefficient (Wildman–Crippen LogP) is 5.62. The Labute approximate surface area is 205 Å². The van der Waals surface area contributed by atoms with Gasteiger partial charge in [-0.3, -0.25) is 4.79 Å². The summed E-state index contributed by atoms with van der Waals surface area (Å²) in [6.07, 6.45) is 8.67. The zero-order valence-electron chi connectivity index (χ0n) is 21.9. The van der Waals surface area contributed by atoms with Crippen LogP contribution in [0.15, 0.2) is 0 Å². The first kappa shape index (κ1) is 25.8. The fourth-order valence-corrected chi connectivity index (χ4v) is 9.24. The number of ether oxygens (including phenoxy) is 1. The summed E-state index contributed by atoms with van der Waals surface area (Å²) in [5.41, 5.74) is 0.408. The summed E-state index contributed by atoms with van der Waals surface area (Å²) in [5, 5.41) is 23.5. The Bertz CT molecular complexity index is 770. The molecule has 194 valence electrons. The highest BCUT2D eigenvalue weighted by molar-refractivity contribution is 5.67. The Hall–Kier alpha value is -1.30. The predicted molar refractivity (Wildman–Crippen MR) is 131 cm³/mol. The average Bonchev–Trinajstić information content (AvgIpc) is 3.09. The van der Waals surface area contributed by atoms with E-state index in [0.29, 0.717) is 35.5 Å². The molecule has 34 heavy (non-hydrogen) atoms. The molecular weight excluding hydrogens is 430 g/mol. The molecule has 0 aromatic heterocycles. The monoisotopic (exact) mass is 477 g/mol. The van der Waals surface area contributed by atoms with Crippen LogP contribution in [-0.4, -0.2) is 40.5 Å². The van der Waals surface area contributed by atoms with Crippen LogP contribution in [0.1, 0.15) is 98.8 Å². The van der Waals surface area contributed by atoms with E-state index in [1.807, 2.05) is 13.8 Å². The third-order valence-electron chi connectivity index (χ3n) is 10.9. The van der Waals surface area contributed by atoms with E-state index in [0.717, 1.165) is 38.5 Å². The van der Waals surface area contributed by atoms with Gasteiger partial charge in [0, 0.05) is 12.5 Å². The molecule has 6 heteroatoms. The maximum absolute atomic E-state index is 12.2. The molecule has 0 aliphatic heterocycles. The lowest BCUT2D eigenvalue weighted by Crippen LogP contribution is -2.59. The van der Waals surface area contributed by atoms with E-state index in [1.165, 1.54) is 19.3 Å². The SMILES string of the molecule is CC(C)NC(=O)O[C@@H]1CC[C@@]2(C)[C@@H](C1)C[C@H](O)[C@@H]1[C@@H]2CC[C@]2(C)[C@@H]([C@H](C)CCC(=O)O)CC[C@@H]12. The van der Waals surface area contributed by atoms with Gasteiger partial charge in [-0.2, -0.15) is 0 Å². The Morgan fingerprint density at radius 3 is 2.35 bits per heavy atom. The van der Waals surface area contributed by atoms with Crippen LogP contribution in [0.5, 0.6) is 0 Å². The van der Waals surface area contributed by atoms with Crippen LogP contribution in [0.3, 0.4) is 0 Å². The zero-order valence-corrected chi connectivity index (χ0v) is 21.9. The van der Waals surface area contributed by atoms with Crippen molar-refractivity contribution in [2.45, 2.75) is 117 Å². The molecule has 0 aromatic rings. The van der Waals surface area contributed by atoms with Gasteiger partial charge in [0.05, 0.1) is 6.10 Å². The van der Waals surface area contributed by atoms with Crippen LogP contribution in [-0.2, 0) is 9.53 Å². The fraction of sp³-hybridized carbons (Fsp3) is 0.929. The molecule has 0 saturated heterocycles. The number of aliphatic carboxylic acids is 1. The van der Waals surface area contributed by atoms with Crippen LogP contribution < -0.4 is 5.32 Å². The molecule has 3 N–H and O–H groups in total. The molecule has 1 amide bonds. The van der Waals surface area contributed by atoms with Crippen molar-refractivity contribution in [2.75, 3.05) is 0 Å². The van der Waals surface area contributed by atoms with Crippen LogP contribution in [0, 0.1) is 46.3 Å². The number of hydrogen-bond acceptors (Lipinski definition) is 4. The molecule has 0 bridgehead atoms. The fourth-order valence-electron chi connectivity index (χ4n) is 9.24. The van der Waals surface area contributed by atoms with Crippen molar-refractivity contribution >= 4 is 12.1 Å². The van der Waals surface area contributed by atoms with E-state index in [-0.39, 0.29) is 41.6 Å². The molecule has 0 radical (unpaired) electrons. The molecule has 6 nitrogen and oxygen atoms in total. The van der Waals surface area contributed by atoms with Gasteiger partial charge in [0.2, 0.25) is 0 Å². The lowest BCUT2D eigenvalue weighted by atomic mass is 9.43. The summed E-state index contributed by atoms with van der Waals surface area (Å²) in [5.74, 6) is 2.07. The molecule has 4 aliphatic rings. The number of carboxylic acid groups (broad SMARTS) is 1. The van der Waals surface area contributed by atoms with Gasteiger partial charge >= 0.3 is 12.1 Å². The number of aliphatic hydroxyl groups is 1. The second kappa shape index (κ2) is 9.63. The Morgan fingerprint density at radius 1 is 1.00 bits per heavy atom. The van der Waals surface area contributed by atoms with Crippen molar-refractivity contribution in [3.63, 3.8) is 0 Å². The number of carbonyl (C=O) groups is 2. The number of aliphatic hydroxyl groups excluding tert-OH is 1. The van der Waals surface area contributed by atoms with Crippen molar-refractivity contribution in [2.24, 2.45) is 46.3 Å². The highest BCUT2D eigenvalue weighted by Crippen LogP contribution is 2.68. The summed E-state index contributed by atoms with van der Waals surface area (Å²) in [7, 11) is 0. The summed E-state index contributed by atoms with van der Waals surface area (Å²) in [4.78, 5) is 23.3. The molecule has 4 aliphatic carbocycles. The molecule has 0 aromatic carbocycles. The lowest BCUT2D eigenvalue weighted by molar-refractivity contribution is -0.174. The average molecular weight is 478 g/mol.